The number of nitrogens with one attached hydrogen (secondary N) is 1. The third-order valence-electron chi connectivity index (χ3n) is 7.94. The number of thiazole rings is 1. The summed E-state index contributed by atoms with van der Waals surface area (Å²) >= 11 is 1.49. The number of aromatic nitrogens is 2. The lowest BCUT2D eigenvalue weighted by atomic mass is 10.0. The second kappa shape index (κ2) is 11.5. The van der Waals surface area contributed by atoms with Crippen LogP contribution in [0.15, 0.2) is 60.0 Å². The lowest BCUT2D eigenvalue weighted by Gasteiger charge is -2.29. The van der Waals surface area contributed by atoms with Crippen molar-refractivity contribution in [1.82, 2.24) is 14.9 Å². The number of fused-ring (bicyclic) bond motifs is 5. The Morgan fingerprint density at radius 2 is 1.90 bits per heavy atom. The van der Waals surface area contributed by atoms with Crippen molar-refractivity contribution in [2.45, 2.75) is 64.1 Å². The Bertz CT molecular complexity index is 1570. The molecule has 2 aromatic carbocycles. The van der Waals surface area contributed by atoms with E-state index in [2.05, 4.69) is 17.4 Å². The summed E-state index contributed by atoms with van der Waals surface area (Å²) in [5, 5.41) is 17.0. The number of ether oxygens (including phenoxy) is 1. The minimum atomic E-state index is -1.03. The summed E-state index contributed by atoms with van der Waals surface area (Å²) in [5.74, 6) is -0.678. The highest BCUT2D eigenvalue weighted by molar-refractivity contribution is 7.13. The number of benzene rings is 2. The van der Waals surface area contributed by atoms with Crippen LogP contribution in [0.2, 0.25) is 0 Å². The summed E-state index contributed by atoms with van der Waals surface area (Å²) in [4.78, 5) is 37.3. The van der Waals surface area contributed by atoms with E-state index in [4.69, 9.17) is 14.7 Å². The number of hydrogen-bond donors (Lipinski definition) is 2. The maximum absolute atomic E-state index is 13.9. The van der Waals surface area contributed by atoms with Gasteiger partial charge in [-0.3, -0.25) is 4.79 Å². The summed E-state index contributed by atoms with van der Waals surface area (Å²) in [6.45, 7) is 4.11. The molecule has 6 bridgehead atoms. The Kier molecular flexibility index (Phi) is 7.62. The van der Waals surface area contributed by atoms with E-state index < -0.39 is 24.2 Å². The molecule has 3 atom stereocenters. The molecule has 1 fully saturated rings. The summed E-state index contributed by atoms with van der Waals surface area (Å²) in [5.41, 5.74) is 4.78. The van der Waals surface area contributed by atoms with E-state index >= 15 is 0 Å². The van der Waals surface area contributed by atoms with Crippen molar-refractivity contribution in [3.8, 4) is 17.0 Å². The molecule has 0 unspecified atom stereocenters. The van der Waals surface area contributed by atoms with Gasteiger partial charge in [-0.2, -0.15) is 0 Å². The Balaban J connectivity index is 1.41. The maximum atomic E-state index is 13.9. The largest absolute Gasteiger partial charge is 0.488 e. The smallest absolute Gasteiger partial charge is 0.326 e. The number of nitrogens with zero attached hydrogens (tertiary/aromatic N) is 3. The molecular weight excluding hydrogens is 536 g/mol. The first kappa shape index (κ1) is 27.2. The highest BCUT2D eigenvalue weighted by Gasteiger charge is 2.43. The number of amides is 1. The number of carbonyl (C=O) groups excluding carboxylic acids is 1. The topological polar surface area (TPSA) is 105 Å². The van der Waals surface area contributed by atoms with Gasteiger partial charge in [-0.1, -0.05) is 50.2 Å². The van der Waals surface area contributed by atoms with Crippen LogP contribution in [-0.2, 0) is 22.4 Å². The molecule has 9 heteroatoms. The quantitative estimate of drug-likeness (QED) is 0.320. The second-order valence-corrected chi connectivity index (χ2v) is 12.1. The Morgan fingerprint density at radius 3 is 2.68 bits per heavy atom. The number of aryl methyl sites for hydroxylation is 2. The molecule has 2 aliphatic rings. The molecule has 212 valence electrons. The van der Waals surface area contributed by atoms with Gasteiger partial charge in [0.25, 0.3) is 0 Å². The van der Waals surface area contributed by atoms with E-state index in [-0.39, 0.29) is 24.8 Å². The molecule has 4 aromatic rings. The molecule has 0 aliphatic carbocycles. The number of hydrogen-bond acceptors (Lipinski definition) is 7. The fourth-order valence-electron chi connectivity index (χ4n) is 5.74. The van der Waals surface area contributed by atoms with Crippen LogP contribution in [-0.4, -0.2) is 56.6 Å². The Labute approximate surface area is 243 Å². The van der Waals surface area contributed by atoms with E-state index in [1.807, 2.05) is 61.7 Å². The van der Waals surface area contributed by atoms with Crippen molar-refractivity contribution in [3.63, 3.8) is 0 Å². The molecule has 0 radical (unpaired) electrons. The van der Waals surface area contributed by atoms with Gasteiger partial charge in [0.2, 0.25) is 5.91 Å². The van der Waals surface area contributed by atoms with E-state index in [0.29, 0.717) is 10.9 Å². The van der Waals surface area contributed by atoms with Gasteiger partial charge in [-0.05, 0) is 49.3 Å². The van der Waals surface area contributed by atoms with Crippen LogP contribution in [0, 0.1) is 5.92 Å². The van der Waals surface area contributed by atoms with Crippen LogP contribution in [0.3, 0.4) is 0 Å². The van der Waals surface area contributed by atoms with Crippen molar-refractivity contribution >= 4 is 39.2 Å². The lowest BCUT2D eigenvalue weighted by Crippen LogP contribution is -2.50. The molecule has 41 heavy (non-hydrogen) atoms. The van der Waals surface area contributed by atoms with Crippen LogP contribution in [0.25, 0.3) is 22.2 Å². The van der Waals surface area contributed by atoms with Crippen molar-refractivity contribution in [3.05, 3.63) is 71.2 Å². The van der Waals surface area contributed by atoms with Gasteiger partial charge in [-0.15, -0.1) is 11.3 Å². The third kappa shape index (κ3) is 5.77. The highest BCUT2D eigenvalue weighted by Crippen LogP contribution is 2.34. The first-order chi connectivity index (χ1) is 19.9. The molecule has 4 heterocycles. The molecule has 8 nitrogen and oxygen atoms in total. The maximum Gasteiger partial charge on any atom is 0.326 e. The molecule has 2 N–H and O–H groups in total. The molecule has 1 saturated heterocycles. The molecule has 6 rings (SSSR count). The third-order valence-corrected chi connectivity index (χ3v) is 8.76. The fraction of sp³-hybridized carbons (Fsp3) is 0.375. The van der Waals surface area contributed by atoms with E-state index in [1.165, 1.54) is 21.8 Å². The molecular formula is C32H34N4O4S. The molecule has 0 saturated carbocycles. The standard InChI is InChI=1S/C32H34N4O4S/c1-19(2)29-30(37)36-17-23(15-27(36)31(38)39)40-28-16-26(21-9-4-3-5-10-21)34-25-13-12-20(14-24(25)28)8-6-7-11-22-18-41-32(33-22)35-29/h3-5,9-10,12-14,16,18-19,23,27,29H,6-8,11,15,17H2,1-2H3,(H,33,35)(H,38,39)/t23-,27+,29+/m1/s1. The SMILES string of the molecule is CC(C)[C@@H]1Nc2nc(cs2)CCCCc2ccc3nc(-c4ccccc4)cc(c3c2)O[C@@H]2C[C@@H](C(=O)O)N(C2)C1=O. The van der Waals surface area contributed by atoms with Crippen LogP contribution in [0.1, 0.15) is 44.4 Å². The Hall–Kier alpha value is -3.98. The van der Waals surface area contributed by atoms with E-state index in [1.54, 1.807) is 0 Å². The zero-order chi connectivity index (χ0) is 28.5. The first-order valence-corrected chi connectivity index (χ1v) is 15.1. The normalized spacial score (nSPS) is 21.4. The molecule has 0 spiro atoms. The zero-order valence-corrected chi connectivity index (χ0v) is 24.1. The monoisotopic (exact) mass is 570 g/mol. The van der Waals surface area contributed by atoms with Crippen LogP contribution in [0.4, 0.5) is 5.13 Å². The highest BCUT2D eigenvalue weighted by atomic mass is 32.1. The molecule has 1 amide bonds. The number of rotatable bonds is 3. The predicted octanol–water partition coefficient (Wildman–Crippen LogP) is 5.81. The first-order valence-electron chi connectivity index (χ1n) is 14.3. The number of carboxylic acid groups (broad SMARTS) is 1. The summed E-state index contributed by atoms with van der Waals surface area (Å²) < 4.78 is 6.60. The zero-order valence-electron chi connectivity index (χ0n) is 23.2. The number of pyridine rings is 1. The summed E-state index contributed by atoms with van der Waals surface area (Å²) in [7, 11) is 0. The van der Waals surface area contributed by atoms with E-state index in [9.17, 15) is 14.7 Å². The summed E-state index contributed by atoms with van der Waals surface area (Å²) in [6.07, 6.45) is 3.53. The van der Waals surface area contributed by atoms with Crippen LogP contribution in [0.5, 0.6) is 5.75 Å². The van der Waals surface area contributed by atoms with Crippen molar-refractivity contribution in [2.24, 2.45) is 5.92 Å². The molecule has 2 aromatic heterocycles. The molecule has 2 aliphatic heterocycles. The minimum Gasteiger partial charge on any atom is -0.488 e. The van der Waals surface area contributed by atoms with Gasteiger partial charge in [0.15, 0.2) is 5.13 Å². The fourth-order valence-corrected chi connectivity index (χ4v) is 6.52. The Morgan fingerprint density at radius 1 is 1.10 bits per heavy atom. The number of carboxylic acids is 1. The average molecular weight is 571 g/mol. The van der Waals surface area contributed by atoms with Gasteiger partial charge < -0.3 is 20.1 Å². The van der Waals surface area contributed by atoms with Crippen LogP contribution >= 0.6 is 11.3 Å². The number of anilines is 1. The van der Waals surface area contributed by atoms with Gasteiger partial charge in [0.05, 0.1) is 23.4 Å². The number of carbonyl (C=O) groups is 2. The van der Waals surface area contributed by atoms with E-state index in [0.717, 1.165) is 53.5 Å². The number of aliphatic carboxylic acids is 1. The second-order valence-electron chi connectivity index (χ2n) is 11.3. The van der Waals surface area contributed by atoms with Crippen molar-refractivity contribution < 1.29 is 19.4 Å². The predicted molar refractivity (Wildman–Crippen MR) is 160 cm³/mol. The van der Waals surface area contributed by atoms with Gasteiger partial charge >= 0.3 is 5.97 Å². The lowest BCUT2D eigenvalue weighted by molar-refractivity contribution is -0.148. The van der Waals surface area contributed by atoms with Crippen LogP contribution < -0.4 is 10.1 Å². The minimum absolute atomic E-state index is 0.0640. The van der Waals surface area contributed by atoms with Crippen molar-refractivity contribution in [2.75, 3.05) is 11.9 Å². The average Bonchev–Trinajstić information content (AvgIpc) is 3.61. The van der Waals surface area contributed by atoms with Gasteiger partial charge in [-0.25, -0.2) is 14.8 Å². The van der Waals surface area contributed by atoms with Crippen molar-refractivity contribution in [1.29, 1.82) is 0 Å². The van der Waals surface area contributed by atoms with Gasteiger partial charge in [0.1, 0.15) is 23.9 Å². The summed E-state index contributed by atoms with van der Waals surface area (Å²) in [6, 6.07) is 16.6. The van der Waals surface area contributed by atoms with Gasteiger partial charge in [0, 0.05) is 28.8 Å².